The van der Waals surface area contributed by atoms with Crippen molar-refractivity contribution in [2.75, 3.05) is 0 Å². The second-order valence-corrected chi connectivity index (χ2v) is 4.12. The molecule has 1 heteroatoms. The number of benzene rings is 2. The number of nitrogens with zero attached hydrogens (tertiary/aromatic N) is 1. The summed E-state index contributed by atoms with van der Waals surface area (Å²) in [6.45, 7) is 0. The zero-order chi connectivity index (χ0) is 12.2. The Morgan fingerprint density at radius 2 is 0.833 bits per heavy atom. The minimum atomic E-state index is 1.40. The summed E-state index contributed by atoms with van der Waals surface area (Å²) in [5.41, 5.74) is 5.59. The molecule has 2 aromatic carbocycles. The third kappa shape index (κ3) is 1.91. The molecule has 1 heterocycles. The summed E-state index contributed by atoms with van der Waals surface area (Å²) in [5.74, 6) is 0. The van der Waals surface area contributed by atoms with E-state index in [1.54, 1.807) is 12.4 Å². The van der Waals surface area contributed by atoms with Crippen LogP contribution in [0.15, 0.2) is 79.1 Å². The van der Waals surface area contributed by atoms with Crippen LogP contribution in [-0.4, -0.2) is 4.98 Å². The zero-order valence-corrected chi connectivity index (χ0v) is 9.95. The van der Waals surface area contributed by atoms with E-state index in [0.717, 1.165) is 0 Å². The maximum atomic E-state index is 3.78. The van der Waals surface area contributed by atoms with Gasteiger partial charge >= 0.3 is 0 Å². The van der Waals surface area contributed by atoms with E-state index < -0.39 is 0 Å². The largest absolute Gasteiger partial charge is 0.265 e. The molecule has 3 aromatic rings. The lowest BCUT2D eigenvalue weighted by molar-refractivity contribution is 1.33. The molecule has 0 radical (unpaired) electrons. The Kier molecular flexibility index (Phi) is 2.89. The third-order valence-electron chi connectivity index (χ3n) is 3.00. The molecule has 1 aliphatic carbocycles. The van der Waals surface area contributed by atoms with Crippen LogP contribution in [0.1, 0.15) is 0 Å². The van der Waals surface area contributed by atoms with Gasteiger partial charge in [-0.2, -0.15) is 0 Å². The second-order valence-electron chi connectivity index (χ2n) is 4.12. The normalized spacial score (nSPS) is 10.2. The second kappa shape index (κ2) is 4.84. The highest BCUT2D eigenvalue weighted by molar-refractivity contribution is 6.02. The topological polar surface area (TPSA) is 12.9 Å². The van der Waals surface area contributed by atoms with E-state index in [0.29, 0.717) is 0 Å². The smallest absolute Gasteiger partial charge is 0.0267 e. The Bertz CT molecular complexity index is 518. The molecule has 0 aliphatic heterocycles. The molecule has 1 nitrogen and oxygen atoms in total. The highest BCUT2D eigenvalue weighted by Gasteiger charge is 2.19. The lowest BCUT2D eigenvalue weighted by Crippen LogP contribution is -1.96. The lowest BCUT2D eigenvalue weighted by atomic mass is 9.81. The van der Waals surface area contributed by atoms with Gasteiger partial charge in [-0.25, -0.2) is 0 Å². The average Bonchev–Trinajstić information content (AvgIpc) is 2.47. The van der Waals surface area contributed by atoms with Gasteiger partial charge in [0.2, 0.25) is 0 Å². The van der Waals surface area contributed by atoms with Crippen LogP contribution in [0.5, 0.6) is 0 Å². The van der Waals surface area contributed by atoms with Gasteiger partial charge in [0.05, 0.1) is 0 Å². The van der Waals surface area contributed by atoms with E-state index in [9.17, 15) is 0 Å². The number of aromatic nitrogens is 1. The van der Waals surface area contributed by atoms with Crippen molar-refractivity contribution in [3.63, 3.8) is 0 Å². The summed E-state index contributed by atoms with van der Waals surface area (Å²) in [6.07, 6.45) is 3.50. The van der Waals surface area contributed by atoms with E-state index in [2.05, 4.69) is 53.5 Å². The molecule has 0 saturated carbocycles. The van der Waals surface area contributed by atoms with Crippen LogP contribution < -0.4 is 0 Å². The Morgan fingerprint density at radius 3 is 1.06 bits per heavy atom. The highest BCUT2D eigenvalue weighted by atomic mass is 14.6. The molecule has 86 valence electrons. The molecule has 0 spiro atoms. The molecular weight excluding hydrogens is 218 g/mol. The predicted octanol–water partition coefficient (Wildman–Crippen LogP) is 4.42. The molecule has 0 saturated heterocycles. The number of hydrogen-bond acceptors (Lipinski definition) is 1. The molecule has 0 fully saturated rings. The van der Waals surface area contributed by atoms with Crippen LogP contribution in [0, 0.1) is 0 Å². The first-order valence-electron chi connectivity index (χ1n) is 6.00. The van der Waals surface area contributed by atoms with Crippen LogP contribution in [0.3, 0.4) is 0 Å². The molecule has 1 aromatic heterocycles. The number of pyridine rings is 1. The van der Waals surface area contributed by atoms with Crippen LogP contribution in [0.2, 0.25) is 0 Å². The fourth-order valence-corrected chi connectivity index (χ4v) is 2.16. The molecule has 0 N–H and O–H groups in total. The van der Waals surface area contributed by atoms with Gasteiger partial charge in [0.15, 0.2) is 0 Å². The first kappa shape index (κ1) is 10.7. The van der Waals surface area contributed by atoms with Crippen molar-refractivity contribution in [1.29, 1.82) is 0 Å². The maximum absolute atomic E-state index is 3.78. The SMILES string of the molecule is c1ccc2c(c1)-c1ccccc1-2.c1ccncc1. The number of fused-ring (bicyclic) bond motifs is 4. The lowest BCUT2D eigenvalue weighted by Gasteiger charge is -2.22. The minimum absolute atomic E-state index is 1.40. The molecule has 1 aliphatic rings. The van der Waals surface area contributed by atoms with Crippen molar-refractivity contribution in [1.82, 2.24) is 4.98 Å². The fraction of sp³-hybridized carbons (Fsp3) is 0. The van der Waals surface area contributed by atoms with Gasteiger partial charge < -0.3 is 0 Å². The predicted molar refractivity (Wildman–Crippen MR) is 75.1 cm³/mol. The van der Waals surface area contributed by atoms with Gasteiger partial charge in [-0.15, -0.1) is 0 Å². The summed E-state index contributed by atoms with van der Waals surface area (Å²) in [6, 6.07) is 22.8. The van der Waals surface area contributed by atoms with Crippen LogP contribution in [-0.2, 0) is 0 Å². The van der Waals surface area contributed by atoms with Gasteiger partial charge in [-0.05, 0) is 34.4 Å². The van der Waals surface area contributed by atoms with E-state index in [-0.39, 0.29) is 0 Å². The molecule has 4 rings (SSSR count). The van der Waals surface area contributed by atoms with E-state index in [1.807, 2.05) is 18.2 Å². The zero-order valence-electron chi connectivity index (χ0n) is 9.95. The number of hydrogen-bond donors (Lipinski definition) is 0. The Balaban J connectivity index is 0.000000142. The van der Waals surface area contributed by atoms with Crippen molar-refractivity contribution in [3.8, 4) is 22.3 Å². The van der Waals surface area contributed by atoms with Crippen molar-refractivity contribution in [2.24, 2.45) is 0 Å². The van der Waals surface area contributed by atoms with E-state index in [1.165, 1.54) is 22.3 Å². The van der Waals surface area contributed by atoms with Crippen LogP contribution in [0.4, 0.5) is 0 Å². The van der Waals surface area contributed by atoms with Crippen LogP contribution >= 0.6 is 0 Å². The standard InChI is InChI=1S/C12H8.C5H5N/c1-2-6-10-9(5-1)11-7-3-4-8-12(10)11;1-2-4-6-5-3-1/h1-8H;1-5H. The van der Waals surface area contributed by atoms with Crippen LogP contribution in [0.25, 0.3) is 22.3 Å². The van der Waals surface area contributed by atoms with E-state index in [4.69, 9.17) is 0 Å². The average molecular weight is 231 g/mol. The summed E-state index contributed by atoms with van der Waals surface area (Å²) >= 11 is 0. The molecule has 0 atom stereocenters. The first-order valence-corrected chi connectivity index (χ1v) is 6.00. The van der Waals surface area contributed by atoms with E-state index >= 15 is 0 Å². The monoisotopic (exact) mass is 231 g/mol. The van der Waals surface area contributed by atoms with Gasteiger partial charge in [-0.1, -0.05) is 54.6 Å². The Labute approximate surface area is 107 Å². The van der Waals surface area contributed by atoms with Crippen molar-refractivity contribution >= 4 is 0 Å². The van der Waals surface area contributed by atoms with Gasteiger partial charge in [0, 0.05) is 12.4 Å². The summed E-state index contributed by atoms with van der Waals surface area (Å²) < 4.78 is 0. The van der Waals surface area contributed by atoms with Gasteiger partial charge in [0.1, 0.15) is 0 Å². The molecule has 0 unspecified atom stereocenters. The third-order valence-corrected chi connectivity index (χ3v) is 3.00. The summed E-state index contributed by atoms with van der Waals surface area (Å²) in [7, 11) is 0. The van der Waals surface area contributed by atoms with Gasteiger partial charge in [-0.3, -0.25) is 4.98 Å². The molecule has 0 amide bonds. The molecule has 18 heavy (non-hydrogen) atoms. The molecular formula is C17H13N. The van der Waals surface area contributed by atoms with Crippen molar-refractivity contribution < 1.29 is 0 Å². The Morgan fingerprint density at radius 1 is 0.444 bits per heavy atom. The minimum Gasteiger partial charge on any atom is -0.265 e. The maximum Gasteiger partial charge on any atom is 0.0267 e. The summed E-state index contributed by atoms with van der Waals surface area (Å²) in [5, 5.41) is 0. The Hall–Kier alpha value is -2.41. The van der Waals surface area contributed by atoms with Crippen molar-refractivity contribution in [2.45, 2.75) is 0 Å². The van der Waals surface area contributed by atoms with Gasteiger partial charge in [0.25, 0.3) is 0 Å². The molecule has 0 bridgehead atoms. The first-order chi connectivity index (χ1) is 8.97. The highest BCUT2D eigenvalue weighted by Crippen LogP contribution is 2.46. The quantitative estimate of drug-likeness (QED) is 0.436. The van der Waals surface area contributed by atoms with Crippen molar-refractivity contribution in [3.05, 3.63) is 79.1 Å². The number of rotatable bonds is 0. The summed E-state index contributed by atoms with van der Waals surface area (Å²) in [4.78, 5) is 3.78. The fourth-order valence-electron chi connectivity index (χ4n) is 2.16.